The fourth-order valence-electron chi connectivity index (χ4n) is 2.88. The molecule has 22 heavy (non-hydrogen) atoms. The Bertz CT molecular complexity index is 788. The predicted octanol–water partition coefficient (Wildman–Crippen LogP) is 3.51. The summed E-state index contributed by atoms with van der Waals surface area (Å²) < 4.78 is 5.93. The highest BCUT2D eigenvalue weighted by molar-refractivity contribution is 6.20. The van der Waals surface area contributed by atoms with E-state index in [9.17, 15) is 9.59 Å². The molecule has 0 atom stereocenters. The van der Waals surface area contributed by atoms with Crippen molar-refractivity contribution in [2.45, 2.75) is 32.1 Å². The average molecular weight is 320 g/mol. The zero-order valence-electron chi connectivity index (χ0n) is 12.7. The van der Waals surface area contributed by atoms with Crippen LogP contribution < -0.4 is 10.3 Å². The molecule has 1 aliphatic heterocycles. The molecule has 0 saturated carbocycles. The van der Waals surface area contributed by atoms with Gasteiger partial charge in [0.05, 0.1) is 10.9 Å². The molecule has 0 aliphatic carbocycles. The number of anilines is 1. The minimum Gasteiger partial charge on any atom is -0.440 e. The van der Waals surface area contributed by atoms with Gasteiger partial charge in [0.25, 0.3) is 0 Å². The molecule has 1 fully saturated rings. The Balaban J connectivity index is 2.15. The summed E-state index contributed by atoms with van der Waals surface area (Å²) in [5.74, 6) is 0.417. The normalized spacial score (nSPS) is 16.2. The summed E-state index contributed by atoms with van der Waals surface area (Å²) in [5.41, 5.74) is 1.60. The second-order valence-electron chi connectivity index (χ2n) is 5.86. The van der Waals surface area contributed by atoms with E-state index < -0.39 is 0 Å². The Labute approximate surface area is 133 Å². The van der Waals surface area contributed by atoms with Gasteiger partial charge in [0.2, 0.25) is 0 Å². The van der Waals surface area contributed by atoms with Gasteiger partial charge in [0.1, 0.15) is 0 Å². The van der Waals surface area contributed by atoms with Crippen LogP contribution in [0.4, 0.5) is 5.88 Å². The molecule has 1 aromatic heterocycles. The fourth-order valence-corrected chi connectivity index (χ4v) is 3.07. The van der Waals surface area contributed by atoms with Gasteiger partial charge in [-0.05, 0) is 44.4 Å². The zero-order valence-corrected chi connectivity index (χ0v) is 13.4. The number of Topliss-reactive ketones (excluding diaryl/α,β-unsaturated/α-hetero) is 1. The first-order valence-corrected chi connectivity index (χ1v) is 7.88. The summed E-state index contributed by atoms with van der Waals surface area (Å²) in [4.78, 5) is 26.3. The lowest BCUT2D eigenvalue weighted by atomic mass is 10.0. The molecule has 4 nitrogen and oxygen atoms in total. The highest BCUT2D eigenvalue weighted by Crippen LogP contribution is 2.27. The number of carbonyl (C=O) groups excluding carboxylic acids is 1. The number of fused-ring (bicyclic) bond motifs is 1. The molecular weight excluding hydrogens is 302 g/mol. The molecule has 1 aromatic carbocycles. The maximum atomic E-state index is 12.4. The van der Waals surface area contributed by atoms with Crippen LogP contribution in [0, 0.1) is 6.92 Å². The van der Waals surface area contributed by atoms with Crippen molar-refractivity contribution < 1.29 is 9.21 Å². The first-order chi connectivity index (χ1) is 10.5. The molecule has 0 unspecified atom stereocenters. The van der Waals surface area contributed by atoms with Gasteiger partial charge in [-0.15, -0.1) is 11.6 Å². The summed E-state index contributed by atoms with van der Waals surface area (Å²) in [6.07, 6.45) is 1.72. The first kappa shape index (κ1) is 15.1. The number of alkyl halides is 1. The van der Waals surface area contributed by atoms with E-state index in [1.807, 2.05) is 11.8 Å². The summed E-state index contributed by atoms with van der Waals surface area (Å²) >= 11 is 6.12. The van der Waals surface area contributed by atoms with E-state index in [1.165, 1.54) is 13.0 Å². The van der Waals surface area contributed by atoms with E-state index >= 15 is 0 Å². The smallest absolute Gasteiger partial charge is 0.200 e. The summed E-state index contributed by atoms with van der Waals surface area (Å²) in [5, 5.41) is 0.639. The topological polar surface area (TPSA) is 50.5 Å². The van der Waals surface area contributed by atoms with Crippen LogP contribution in [0.5, 0.6) is 0 Å². The fraction of sp³-hybridized carbons (Fsp3) is 0.412. The van der Waals surface area contributed by atoms with Crippen molar-refractivity contribution in [2.24, 2.45) is 0 Å². The van der Waals surface area contributed by atoms with Gasteiger partial charge in [0, 0.05) is 24.5 Å². The van der Waals surface area contributed by atoms with Crippen LogP contribution in [0.2, 0.25) is 0 Å². The largest absolute Gasteiger partial charge is 0.440 e. The van der Waals surface area contributed by atoms with Gasteiger partial charge in [-0.2, -0.15) is 0 Å². The standard InChI is InChI=1S/C17H18ClNO3/c1-10-7-13(11(2)20)17-14(8-10)15(21)9-16(22-17)19-5-3-12(18)4-6-19/h7-9,12H,3-6H2,1-2H3. The van der Waals surface area contributed by atoms with Crippen LogP contribution >= 0.6 is 11.6 Å². The number of hydrogen-bond acceptors (Lipinski definition) is 4. The van der Waals surface area contributed by atoms with E-state index in [-0.39, 0.29) is 16.6 Å². The van der Waals surface area contributed by atoms with E-state index in [0.717, 1.165) is 31.5 Å². The summed E-state index contributed by atoms with van der Waals surface area (Å²) in [6, 6.07) is 5.05. The SMILES string of the molecule is CC(=O)c1cc(C)cc2c(=O)cc(N3CCC(Cl)CC3)oc12. The molecule has 0 radical (unpaired) electrons. The lowest BCUT2D eigenvalue weighted by Gasteiger charge is -2.29. The first-order valence-electron chi connectivity index (χ1n) is 7.44. The molecule has 2 aromatic rings. The van der Waals surface area contributed by atoms with Crippen LogP contribution in [0.15, 0.2) is 27.4 Å². The molecular formula is C17H18ClNO3. The number of hydrogen-bond donors (Lipinski definition) is 0. The summed E-state index contributed by atoms with van der Waals surface area (Å²) in [7, 11) is 0. The van der Waals surface area contributed by atoms with E-state index in [2.05, 4.69) is 0 Å². The number of rotatable bonds is 2. The van der Waals surface area contributed by atoms with Crippen molar-refractivity contribution in [3.63, 3.8) is 0 Å². The molecule has 5 heteroatoms. The van der Waals surface area contributed by atoms with Gasteiger partial charge in [0.15, 0.2) is 22.7 Å². The molecule has 0 amide bonds. The van der Waals surface area contributed by atoms with Gasteiger partial charge < -0.3 is 9.32 Å². The third-order valence-electron chi connectivity index (χ3n) is 4.08. The van der Waals surface area contributed by atoms with Crippen molar-refractivity contribution in [3.8, 4) is 0 Å². The third-order valence-corrected chi connectivity index (χ3v) is 4.51. The highest BCUT2D eigenvalue weighted by atomic mass is 35.5. The Morgan fingerprint density at radius 2 is 1.95 bits per heavy atom. The highest BCUT2D eigenvalue weighted by Gasteiger charge is 2.21. The number of halogens is 1. The van der Waals surface area contributed by atoms with Crippen LogP contribution in [0.3, 0.4) is 0 Å². The Hall–Kier alpha value is -1.81. The van der Waals surface area contributed by atoms with E-state index in [0.29, 0.717) is 22.4 Å². The van der Waals surface area contributed by atoms with Crippen LogP contribution in [-0.4, -0.2) is 24.2 Å². The number of benzene rings is 1. The van der Waals surface area contributed by atoms with Gasteiger partial charge >= 0.3 is 0 Å². The van der Waals surface area contributed by atoms with Gasteiger partial charge in [-0.25, -0.2) is 0 Å². The van der Waals surface area contributed by atoms with Crippen molar-refractivity contribution >= 4 is 34.2 Å². The number of carbonyl (C=O) groups is 1. The summed E-state index contributed by atoms with van der Waals surface area (Å²) in [6.45, 7) is 4.86. The maximum absolute atomic E-state index is 12.4. The molecule has 2 heterocycles. The van der Waals surface area contributed by atoms with Gasteiger partial charge in [-0.1, -0.05) is 0 Å². The predicted molar refractivity (Wildman–Crippen MR) is 88.3 cm³/mol. The second-order valence-corrected chi connectivity index (χ2v) is 6.47. The van der Waals surface area contributed by atoms with Crippen LogP contribution in [0.1, 0.15) is 35.7 Å². The molecule has 0 spiro atoms. The van der Waals surface area contributed by atoms with E-state index in [1.54, 1.807) is 12.1 Å². The van der Waals surface area contributed by atoms with Crippen molar-refractivity contribution in [2.75, 3.05) is 18.0 Å². The number of nitrogens with zero attached hydrogens (tertiary/aromatic N) is 1. The van der Waals surface area contributed by atoms with Crippen LogP contribution in [0.25, 0.3) is 11.0 Å². The number of piperidine rings is 1. The third kappa shape index (κ3) is 2.75. The minimum absolute atomic E-state index is 0.103. The minimum atomic E-state index is -0.115. The van der Waals surface area contributed by atoms with E-state index in [4.69, 9.17) is 16.0 Å². The van der Waals surface area contributed by atoms with Crippen molar-refractivity contribution in [1.82, 2.24) is 0 Å². The molecule has 0 N–H and O–H groups in total. The average Bonchev–Trinajstić information content (AvgIpc) is 2.47. The number of aryl methyl sites for hydroxylation is 1. The molecule has 1 saturated heterocycles. The quantitative estimate of drug-likeness (QED) is 0.628. The van der Waals surface area contributed by atoms with Crippen LogP contribution in [-0.2, 0) is 0 Å². The molecule has 1 aliphatic rings. The molecule has 0 bridgehead atoms. The Kier molecular flexibility index (Phi) is 3.96. The van der Waals surface area contributed by atoms with Crippen molar-refractivity contribution in [3.05, 3.63) is 39.5 Å². The Morgan fingerprint density at radius 3 is 2.59 bits per heavy atom. The zero-order chi connectivity index (χ0) is 15.9. The monoisotopic (exact) mass is 319 g/mol. The van der Waals surface area contributed by atoms with Crippen molar-refractivity contribution in [1.29, 1.82) is 0 Å². The molecule has 116 valence electrons. The second kappa shape index (κ2) is 5.76. The lowest BCUT2D eigenvalue weighted by Crippen LogP contribution is -2.34. The van der Waals surface area contributed by atoms with Gasteiger partial charge in [-0.3, -0.25) is 9.59 Å². The maximum Gasteiger partial charge on any atom is 0.200 e. The lowest BCUT2D eigenvalue weighted by molar-refractivity contribution is 0.101. The number of ketones is 1. The Morgan fingerprint density at radius 1 is 1.27 bits per heavy atom. The molecule has 3 rings (SSSR count).